The summed E-state index contributed by atoms with van der Waals surface area (Å²) in [7, 11) is 1.74. The molecule has 0 atom stereocenters. The minimum absolute atomic E-state index is 0.0189. The minimum atomic E-state index is 0.0189. The summed E-state index contributed by atoms with van der Waals surface area (Å²) in [6.07, 6.45) is 3.73. The van der Waals surface area contributed by atoms with E-state index in [0.717, 1.165) is 11.4 Å². The number of aromatic nitrogens is 4. The Morgan fingerprint density at radius 1 is 1.50 bits per heavy atom. The molecule has 94 valence electrons. The van der Waals surface area contributed by atoms with Gasteiger partial charge in [-0.3, -0.25) is 14.9 Å². The van der Waals surface area contributed by atoms with Crippen LogP contribution in [0.15, 0.2) is 24.5 Å². The molecule has 0 unspecified atom stereocenters. The van der Waals surface area contributed by atoms with Crippen LogP contribution < -0.4 is 0 Å². The molecule has 18 heavy (non-hydrogen) atoms. The van der Waals surface area contributed by atoms with Gasteiger partial charge >= 0.3 is 0 Å². The van der Waals surface area contributed by atoms with Gasteiger partial charge in [-0.1, -0.05) is 6.07 Å². The Balaban J connectivity index is 1.93. The van der Waals surface area contributed by atoms with Crippen molar-refractivity contribution < 1.29 is 4.79 Å². The van der Waals surface area contributed by atoms with Crippen LogP contribution >= 0.6 is 0 Å². The van der Waals surface area contributed by atoms with Gasteiger partial charge < -0.3 is 4.90 Å². The maximum Gasteiger partial charge on any atom is 0.227 e. The fourth-order valence-corrected chi connectivity index (χ4v) is 1.57. The highest BCUT2D eigenvalue weighted by Crippen LogP contribution is 2.03. The van der Waals surface area contributed by atoms with Gasteiger partial charge in [-0.05, 0) is 18.6 Å². The number of nitrogens with one attached hydrogen (secondary N) is 1. The predicted octanol–water partition coefficient (Wildman–Crippen LogP) is 0.709. The molecule has 0 bridgehead atoms. The van der Waals surface area contributed by atoms with Gasteiger partial charge in [0.05, 0.1) is 13.0 Å². The Labute approximate surface area is 105 Å². The number of rotatable bonds is 4. The smallest absolute Gasteiger partial charge is 0.227 e. The van der Waals surface area contributed by atoms with Crippen LogP contribution in [0.3, 0.4) is 0 Å². The average Bonchev–Trinajstić information content (AvgIpc) is 2.76. The molecule has 1 amide bonds. The van der Waals surface area contributed by atoms with Gasteiger partial charge in [-0.25, -0.2) is 4.98 Å². The molecule has 2 rings (SSSR count). The summed E-state index contributed by atoms with van der Waals surface area (Å²) >= 11 is 0. The summed E-state index contributed by atoms with van der Waals surface area (Å²) in [6.45, 7) is 2.23. The second-order valence-corrected chi connectivity index (χ2v) is 4.12. The number of likely N-dealkylation sites (N-methyl/N-ethyl adjacent to an activating group) is 1. The normalized spacial score (nSPS) is 10.3. The van der Waals surface area contributed by atoms with Crippen molar-refractivity contribution in [3.63, 3.8) is 0 Å². The van der Waals surface area contributed by atoms with Crippen LogP contribution in [-0.2, 0) is 17.8 Å². The molecule has 0 aromatic carbocycles. The van der Waals surface area contributed by atoms with Crippen LogP contribution in [0, 0.1) is 6.92 Å². The van der Waals surface area contributed by atoms with Crippen LogP contribution in [0.25, 0.3) is 0 Å². The second kappa shape index (κ2) is 5.39. The number of nitrogens with zero attached hydrogens (tertiary/aromatic N) is 4. The molecule has 0 fully saturated rings. The van der Waals surface area contributed by atoms with E-state index < -0.39 is 0 Å². The lowest BCUT2D eigenvalue weighted by Gasteiger charge is -2.14. The average molecular weight is 245 g/mol. The third-order valence-corrected chi connectivity index (χ3v) is 2.53. The first-order valence-electron chi connectivity index (χ1n) is 5.66. The lowest BCUT2D eigenvalue weighted by atomic mass is 10.2. The quantitative estimate of drug-likeness (QED) is 0.860. The third-order valence-electron chi connectivity index (χ3n) is 2.53. The van der Waals surface area contributed by atoms with Gasteiger partial charge in [0, 0.05) is 19.4 Å². The van der Waals surface area contributed by atoms with Crippen molar-refractivity contribution >= 4 is 5.91 Å². The van der Waals surface area contributed by atoms with Crippen LogP contribution in [-0.4, -0.2) is 38.0 Å². The van der Waals surface area contributed by atoms with Gasteiger partial charge in [-0.15, -0.1) is 0 Å². The van der Waals surface area contributed by atoms with Crippen molar-refractivity contribution in [1.82, 2.24) is 25.1 Å². The summed E-state index contributed by atoms with van der Waals surface area (Å²) in [4.78, 5) is 21.7. The molecular weight excluding hydrogens is 230 g/mol. The molecule has 2 aromatic rings. The Morgan fingerprint density at radius 2 is 2.33 bits per heavy atom. The van der Waals surface area contributed by atoms with Crippen molar-refractivity contribution in [2.75, 3.05) is 7.05 Å². The minimum Gasteiger partial charge on any atom is -0.338 e. The molecule has 0 saturated heterocycles. The standard InChI is InChI=1S/C12H15N5O/c1-9-14-11(16-15-9)8-17(2)12(18)6-10-4-3-5-13-7-10/h3-5,7H,6,8H2,1-2H3,(H,14,15,16). The lowest BCUT2D eigenvalue weighted by molar-refractivity contribution is -0.129. The van der Waals surface area contributed by atoms with E-state index in [1.165, 1.54) is 0 Å². The Kier molecular flexibility index (Phi) is 3.66. The molecular formula is C12H15N5O. The first-order chi connectivity index (χ1) is 8.65. The molecule has 2 heterocycles. The zero-order chi connectivity index (χ0) is 13.0. The summed E-state index contributed by atoms with van der Waals surface area (Å²) in [5, 5.41) is 6.76. The number of pyridine rings is 1. The third kappa shape index (κ3) is 3.13. The van der Waals surface area contributed by atoms with Crippen molar-refractivity contribution in [3.8, 4) is 0 Å². The fraction of sp³-hybridized carbons (Fsp3) is 0.333. The molecule has 6 heteroatoms. The molecule has 2 aromatic heterocycles. The summed E-state index contributed by atoms with van der Waals surface area (Å²) in [6, 6.07) is 3.71. The van der Waals surface area contributed by atoms with Gasteiger partial charge in [0.2, 0.25) is 5.91 Å². The molecule has 0 aliphatic heterocycles. The van der Waals surface area contributed by atoms with E-state index in [0.29, 0.717) is 18.8 Å². The van der Waals surface area contributed by atoms with E-state index in [1.54, 1.807) is 24.3 Å². The molecule has 0 aliphatic carbocycles. The van der Waals surface area contributed by atoms with Crippen LogP contribution in [0.5, 0.6) is 0 Å². The number of hydrogen-bond donors (Lipinski definition) is 1. The molecule has 0 spiro atoms. The Bertz CT molecular complexity index is 522. The Morgan fingerprint density at radius 3 is 2.94 bits per heavy atom. The van der Waals surface area contributed by atoms with Crippen molar-refractivity contribution in [2.45, 2.75) is 19.9 Å². The first-order valence-corrected chi connectivity index (χ1v) is 5.66. The van der Waals surface area contributed by atoms with E-state index in [-0.39, 0.29) is 5.91 Å². The summed E-state index contributed by atoms with van der Waals surface area (Å²) in [5.41, 5.74) is 0.903. The van der Waals surface area contributed by atoms with Gasteiger partial charge in [0.25, 0.3) is 0 Å². The van der Waals surface area contributed by atoms with Gasteiger partial charge in [-0.2, -0.15) is 5.10 Å². The van der Waals surface area contributed by atoms with Crippen molar-refractivity contribution in [1.29, 1.82) is 0 Å². The van der Waals surface area contributed by atoms with Crippen molar-refractivity contribution in [3.05, 3.63) is 41.7 Å². The molecule has 0 saturated carbocycles. The van der Waals surface area contributed by atoms with E-state index in [9.17, 15) is 4.79 Å². The highest BCUT2D eigenvalue weighted by molar-refractivity contribution is 5.78. The topological polar surface area (TPSA) is 74.8 Å². The number of H-pyrrole nitrogens is 1. The van der Waals surface area contributed by atoms with Crippen LogP contribution in [0.4, 0.5) is 0 Å². The first kappa shape index (κ1) is 12.2. The Hall–Kier alpha value is -2.24. The number of hydrogen-bond acceptors (Lipinski definition) is 4. The van der Waals surface area contributed by atoms with Crippen LogP contribution in [0.2, 0.25) is 0 Å². The highest BCUT2D eigenvalue weighted by Gasteiger charge is 2.12. The van der Waals surface area contributed by atoms with Crippen LogP contribution in [0.1, 0.15) is 17.2 Å². The van der Waals surface area contributed by atoms with Crippen molar-refractivity contribution in [2.24, 2.45) is 0 Å². The summed E-state index contributed by atoms with van der Waals surface area (Å²) < 4.78 is 0. The second-order valence-electron chi connectivity index (χ2n) is 4.12. The predicted molar refractivity (Wildman–Crippen MR) is 65.5 cm³/mol. The molecule has 0 aliphatic rings. The lowest BCUT2D eigenvalue weighted by Crippen LogP contribution is -2.28. The van der Waals surface area contributed by atoms with E-state index in [2.05, 4.69) is 20.2 Å². The maximum absolute atomic E-state index is 12.0. The molecule has 0 radical (unpaired) electrons. The number of amides is 1. The zero-order valence-corrected chi connectivity index (χ0v) is 10.4. The number of aromatic amines is 1. The molecule has 1 N–H and O–H groups in total. The number of aryl methyl sites for hydroxylation is 1. The summed E-state index contributed by atoms with van der Waals surface area (Å²) in [5.74, 6) is 1.39. The molecule has 6 nitrogen and oxygen atoms in total. The van der Waals surface area contributed by atoms with E-state index in [4.69, 9.17) is 0 Å². The fourth-order valence-electron chi connectivity index (χ4n) is 1.57. The number of carbonyl (C=O) groups excluding carboxylic acids is 1. The highest BCUT2D eigenvalue weighted by atomic mass is 16.2. The SMILES string of the molecule is Cc1nc(CN(C)C(=O)Cc2cccnc2)n[nH]1. The van der Waals surface area contributed by atoms with E-state index in [1.807, 2.05) is 19.1 Å². The maximum atomic E-state index is 12.0. The zero-order valence-electron chi connectivity index (χ0n) is 10.4. The largest absolute Gasteiger partial charge is 0.338 e. The monoisotopic (exact) mass is 245 g/mol. The van der Waals surface area contributed by atoms with Gasteiger partial charge in [0.15, 0.2) is 5.82 Å². The van der Waals surface area contributed by atoms with Gasteiger partial charge in [0.1, 0.15) is 5.82 Å². The number of carbonyl (C=O) groups is 1. The van der Waals surface area contributed by atoms with E-state index >= 15 is 0 Å².